The summed E-state index contributed by atoms with van der Waals surface area (Å²) in [4.78, 5) is 19.3. The fraction of sp³-hybridized carbons (Fsp3) is 0.400. The Hall–Kier alpha value is -0.480. The van der Waals surface area contributed by atoms with E-state index < -0.39 is 15.3 Å². The van der Waals surface area contributed by atoms with Crippen molar-refractivity contribution in [2.45, 2.75) is 13.5 Å². The Morgan fingerprint density at radius 1 is 1.22 bits per heavy atom. The third-order valence-electron chi connectivity index (χ3n) is 2.18. The van der Waals surface area contributed by atoms with Gasteiger partial charge in [-0.25, -0.2) is 4.57 Å². The average Bonchev–Trinajstić information content (AvgIpc) is 2.25. The maximum absolute atomic E-state index is 11.9. The Balaban J connectivity index is 3.01. The first-order valence-electron chi connectivity index (χ1n) is 5.37. The predicted octanol–water partition coefficient (Wildman–Crippen LogP) is 2.44. The predicted molar refractivity (Wildman–Crippen MR) is 69.2 cm³/mol. The fourth-order valence-electron chi connectivity index (χ4n) is 1.41. The smallest absolute Gasteiger partial charge is 0.333 e. The highest BCUT2D eigenvalue weighted by Crippen LogP contribution is 2.61. The molecule has 18 heavy (non-hydrogen) atoms. The van der Waals surface area contributed by atoms with E-state index in [1.807, 2.05) is 0 Å². The van der Waals surface area contributed by atoms with Crippen LogP contribution in [0.15, 0.2) is 30.3 Å². The van der Waals surface area contributed by atoms with Crippen LogP contribution in [0.1, 0.15) is 12.5 Å². The van der Waals surface area contributed by atoms with Gasteiger partial charge in [0.25, 0.3) is 7.52 Å². The van der Waals surface area contributed by atoms with E-state index >= 15 is 0 Å². The minimum Gasteiger partial charge on any atom is -0.333 e. The number of nitrogens with zero attached hydrogens (tertiary/aromatic N) is 1. The van der Waals surface area contributed by atoms with Crippen LogP contribution in [0, 0.1) is 0 Å². The summed E-state index contributed by atoms with van der Waals surface area (Å²) in [7, 11) is -8.17. The number of rotatable bonds is 6. The lowest BCUT2D eigenvalue weighted by molar-refractivity contribution is 0.232. The summed E-state index contributed by atoms with van der Waals surface area (Å²) in [6.07, 6.45) is 0. The molecule has 1 aromatic carbocycles. The van der Waals surface area contributed by atoms with E-state index in [-0.39, 0.29) is 13.2 Å². The second-order valence-corrected chi connectivity index (χ2v) is 7.95. The van der Waals surface area contributed by atoms with Crippen molar-refractivity contribution in [2.24, 2.45) is 0 Å². The lowest BCUT2D eigenvalue weighted by atomic mass is 10.2. The first kappa shape index (κ1) is 15.6. The van der Waals surface area contributed by atoms with Crippen LogP contribution in [-0.2, 0) is 20.2 Å². The molecule has 102 valence electrons. The van der Waals surface area contributed by atoms with Crippen molar-refractivity contribution >= 4 is 15.3 Å². The lowest BCUT2D eigenvalue weighted by Gasteiger charge is -2.27. The van der Waals surface area contributed by atoms with Gasteiger partial charge in [0.2, 0.25) is 0 Å². The normalized spacial score (nSPS) is 18.3. The molecule has 0 bridgehead atoms. The van der Waals surface area contributed by atoms with Gasteiger partial charge in [-0.05, 0) is 12.5 Å². The molecular formula is C10H17NO5P2. The quantitative estimate of drug-likeness (QED) is 0.783. The summed E-state index contributed by atoms with van der Waals surface area (Å²) in [5.74, 6) is 0. The molecule has 0 aliphatic heterocycles. The van der Waals surface area contributed by atoms with Crippen LogP contribution < -0.4 is 0 Å². The topological polar surface area (TPSA) is 87.1 Å². The monoisotopic (exact) mass is 293 g/mol. The molecule has 0 aliphatic carbocycles. The molecule has 8 heteroatoms. The van der Waals surface area contributed by atoms with Crippen molar-refractivity contribution in [1.29, 1.82) is 0 Å². The molecule has 0 fully saturated rings. The average molecular weight is 293 g/mol. The maximum atomic E-state index is 11.9. The minimum atomic E-state index is -4.27. The Morgan fingerprint density at radius 3 is 2.22 bits per heavy atom. The van der Waals surface area contributed by atoms with Gasteiger partial charge >= 0.3 is 7.75 Å². The molecule has 0 heterocycles. The summed E-state index contributed by atoms with van der Waals surface area (Å²) in [5, 5.41) is 0. The van der Waals surface area contributed by atoms with Gasteiger partial charge in [-0.3, -0.25) is 9.09 Å². The first-order valence-corrected chi connectivity index (χ1v) is 8.96. The van der Waals surface area contributed by atoms with Crippen molar-refractivity contribution in [3.8, 4) is 0 Å². The molecule has 1 rings (SSSR count). The minimum absolute atomic E-state index is 0.0148. The maximum Gasteiger partial charge on any atom is 0.413 e. The molecule has 6 nitrogen and oxygen atoms in total. The third kappa shape index (κ3) is 4.32. The van der Waals surface area contributed by atoms with Crippen LogP contribution in [0.25, 0.3) is 0 Å². The molecule has 0 saturated heterocycles. The Morgan fingerprint density at radius 2 is 1.78 bits per heavy atom. The van der Waals surface area contributed by atoms with Crippen molar-refractivity contribution in [3.05, 3.63) is 35.9 Å². The van der Waals surface area contributed by atoms with E-state index in [1.165, 1.54) is 0 Å². The fourth-order valence-corrected chi connectivity index (χ4v) is 4.48. The number of hydrogen-bond acceptors (Lipinski definition) is 3. The highest BCUT2D eigenvalue weighted by molar-refractivity contribution is 7.68. The molecule has 2 atom stereocenters. The van der Waals surface area contributed by atoms with Gasteiger partial charge in [0.15, 0.2) is 0 Å². The Labute approximate surface area is 106 Å². The molecule has 0 aliphatic rings. The van der Waals surface area contributed by atoms with Crippen LogP contribution >= 0.6 is 15.3 Å². The standard InChI is InChI=1S/C10H17NO5P2/c1-3-16-18(14,15)11(17(2,12)13)9-10-7-5-4-6-8-10/h4-8H,3,9H2,1-2H3,(H,12,13)(H,14,15). The molecule has 1 aromatic rings. The van der Waals surface area contributed by atoms with Crippen LogP contribution in [0.3, 0.4) is 0 Å². The van der Waals surface area contributed by atoms with E-state index in [9.17, 15) is 18.9 Å². The first-order chi connectivity index (χ1) is 8.27. The third-order valence-corrected chi connectivity index (χ3v) is 6.18. The van der Waals surface area contributed by atoms with Gasteiger partial charge in [-0.2, -0.15) is 0 Å². The molecular weight excluding hydrogens is 276 g/mol. The van der Waals surface area contributed by atoms with Gasteiger partial charge in [-0.1, -0.05) is 30.3 Å². The van der Waals surface area contributed by atoms with Crippen molar-refractivity contribution < 1.29 is 23.4 Å². The summed E-state index contributed by atoms with van der Waals surface area (Å²) in [6.45, 7) is 2.41. The van der Waals surface area contributed by atoms with E-state index in [2.05, 4.69) is 0 Å². The Bertz CT molecular complexity index is 472. The SMILES string of the molecule is CCOP(=O)(O)N(Cc1ccccc1)P(C)(=O)O. The van der Waals surface area contributed by atoms with Gasteiger partial charge in [0.1, 0.15) is 0 Å². The van der Waals surface area contributed by atoms with Crippen LogP contribution in [-0.4, -0.2) is 27.5 Å². The molecule has 0 spiro atoms. The summed E-state index contributed by atoms with van der Waals surface area (Å²) >= 11 is 0. The number of benzene rings is 1. The lowest BCUT2D eigenvalue weighted by Crippen LogP contribution is -2.18. The van der Waals surface area contributed by atoms with Crippen LogP contribution in [0.5, 0.6) is 0 Å². The van der Waals surface area contributed by atoms with E-state index in [0.717, 1.165) is 6.66 Å². The van der Waals surface area contributed by atoms with E-state index in [4.69, 9.17) is 4.52 Å². The van der Waals surface area contributed by atoms with Crippen LogP contribution in [0.2, 0.25) is 0 Å². The second kappa shape index (κ2) is 6.11. The Kier molecular flexibility index (Phi) is 5.29. The van der Waals surface area contributed by atoms with E-state index in [1.54, 1.807) is 37.3 Å². The molecule has 0 saturated carbocycles. The molecule has 2 N–H and O–H groups in total. The zero-order chi connectivity index (χ0) is 13.8. The highest BCUT2D eigenvalue weighted by atomic mass is 31.2. The number of hydrogen-bond donors (Lipinski definition) is 2. The van der Waals surface area contributed by atoms with Gasteiger partial charge in [0.05, 0.1) is 6.61 Å². The zero-order valence-electron chi connectivity index (χ0n) is 10.3. The summed E-state index contributed by atoms with van der Waals surface area (Å²) in [6, 6.07) is 8.69. The van der Waals surface area contributed by atoms with Gasteiger partial charge in [0, 0.05) is 13.2 Å². The van der Waals surface area contributed by atoms with E-state index in [0.29, 0.717) is 10.0 Å². The molecule has 0 aromatic heterocycles. The zero-order valence-corrected chi connectivity index (χ0v) is 12.1. The van der Waals surface area contributed by atoms with Crippen molar-refractivity contribution in [3.63, 3.8) is 0 Å². The molecule has 0 amide bonds. The van der Waals surface area contributed by atoms with Crippen molar-refractivity contribution in [2.75, 3.05) is 13.3 Å². The van der Waals surface area contributed by atoms with Crippen LogP contribution in [0.4, 0.5) is 0 Å². The van der Waals surface area contributed by atoms with Gasteiger partial charge in [-0.15, -0.1) is 4.44 Å². The van der Waals surface area contributed by atoms with Crippen molar-refractivity contribution in [1.82, 2.24) is 4.44 Å². The van der Waals surface area contributed by atoms with Gasteiger partial charge < -0.3 is 9.79 Å². The molecule has 0 radical (unpaired) electrons. The summed E-state index contributed by atoms with van der Waals surface area (Å²) in [5.41, 5.74) is 0.655. The molecule has 2 unspecified atom stereocenters. The highest BCUT2D eigenvalue weighted by Gasteiger charge is 2.39. The summed E-state index contributed by atoms with van der Waals surface area (Å²) < 4.78 is 28.9. The largest absolute Gasteiger partial charge is 0.413 e. The second-order valence-electron chi connectivity index (χ2n) is 3.76.